The van der Waals surface area contributed by atoms with Crippen molar-refractivity contribution in [3.8, 4) is 5.69 Å². The fraction of sp³-hybridized carbons (Fsp3) is 0.0500. The Morgan fingerprint density at radius 3 is 2.52 bits per heavy atom. The Bertz CT molecular complexity index is 1090. The number of aliphatic imine (C=N–C) groups is 1. The topological polar surface area (TPSA) is 56.5 Å². The predicted molar refractivity (Wildman–Crippen MR) is 100 cm³/mol. The highest BCUT2D eigenvalue weighted by molar-refractivity contribution is 6.31. The van der Waals surface area contributed by atoms with Crippen molar-refractivity contribution in [3.05, 3.63) is 88.1 Å². The number of aryl methyl sites for hydroxylation is 1. The van der Waals surface area contributed by atoms with Gasteiger partial charge >= 0.3 is 5.97 Å². The molecule has 0 amide bonds. The summed E-state index contributed by atoms with van der Waals surface area (Å²) in [4.78, 5) is 16.4. The molecule has 7 heteroatoms. The molecule has 0 saturated carbocycles. The van der Waals surface area contributed by atoms with Gasteiger partial charge in [0.05, 0.1) is 11.4 Å². The Hall–Kier alpha value is -3.25. The Morgan fingerprint density at radius 1 is 1.11 bits per heavy atom. The highest BCUT2D eigenvalue weighted by Gasteiger charge is 2.25. The summed E-state index contributed by atoms with van der Waals surface area (Å²) in [6.07, 6.45) is 1.54. The van der Waals surface area contributed by atoms with E-state index in [1.54, 1.807) is 17.7 Å². The molecule has 1 aliphatic heterocycles. The average Bonchev–Trinajstić information content (AvgIpc) is 3.18. The predicted octanol–water partition coefficient (Wildman–Crippen LogP) is 4.32. The molecular weight excluding hydrogens is 369 g/mol. The Balaban J connectivity index is 1.72. The van der Waals surface area contributed by atoms with Gasteiger partial charge in [-0.1, -0.05) is 29.8 Å². The van der Waals surface area contributed by atoms with E-state index in [1.807, 2.05) is 30.3 Å². The molecule has 0 radical (unpaired) electrons. The summed E-state index contributed by atoms with van der Waals surface area (Å²) in [5.41, 5.74) is 2.65. The maximum atomic E-state index is 13.1. The largest absolute Gasteiger partial charge is 0.402 e. The molecular formula is C20H13ClFN3O2. The molecule has 0 aliphatic carbocycles. The normalized spacial score (nSPS) is 15.1. The van der Waals surface area contributed by atoms with E-state index in [0.717, 1.165) is 5.69 Å². The van der Waals surface area contributed by atoms with Crippen molar-refractivity contribution < 1.29 is 13.9 Å². The van der Waals surface area contributed by atoms with E-state index in [2.05, 4.69) is 10.1 Å². The van der Waals surface area contributed by atoms with Gasteiger partial charge in [-0.2, -0.15) is 5.10 Å². The first kappa shape index (κ1) is 17.2. The lowest BCUT2D eigenvalue weighted by atomic mass is 10.2. The summed E-state index contributed by atoms with van der Waals surface area (Å²) in [5, 5.41) is 4.80. The second-order valence-corrected chi connectivity index (χ2v) is 6.24. The highest BCUT2D eigenvalue weighted by atomic mass is 35.5. The molecule has 0 fully saturated rings. The number of hydrogen-bond acceptors (Lipinski definition) is 4. The number of hydrogen-bond donors (Lipinski definition) is 0. The van der Waals surface area contributed by atoms with Crippen LogP contribution < -0.4 is 0 Å². The van der Waals surface area contributed by atoms with Crippen LogP contribution in [-0.2, 0) is 9.53 Å². The van der Waals surface area contributed by atoms with Gasteiger partial charge < -0.3 is 4.74 Å². The van der Waals surface area contributed by atoms with Gasteiger partial charge in [0.15, 0.2) is 5.70 Å². The standard InChI is InChI=1S/C20H13ClFN3O2/c1-12-16(18(21)25(24-12)15-5-3-2-4-6-15)11-17-20(26)27-19(23-17)13-7-9-14(22)10-8-13/h2-11H,1H3/b17-11+. The third kappa shape index (κ3) is 3.27. The number of nitrogens with zero attached hydrogens (tertiary/aromatic N) is 3. The minimum atomic E-state index is -0.600. The zero-order chi connectivity index (χ0) is 19.0. The first-order chi connectivity index (χ1) is 13.0. The van der Waals surface area contributed by atoms with Gasteiger partial charge in [0.25, 0.3) is 0 Å². The third-order valence-electron chi connectivity index (χ3n) is 4.04. The number of benzene rings is 2. The molecule has 2 aromatic carbocycles. The zero-order valence-corrected chi connectivity index (χ0v) is 14.9. The van der Waals surface area contributed by atoms with Crippen LogP contribution in [0.5, 0.6) is 0 Å². The zero-order valence-electron chi connectivity index (χ0n) is 14.2. The van der Waals surface area contributed by atoms with Crippen molar-refractivity contribution in [2.75, 3.05) is 0 Å². The SMILES string of the molecule is Cc1nn(-c2ccccc2)c(Cl)c1/C=C1/N=C(c2ccc(F)cc2)OC1=O. The molecule has 1 aliphatic rings. The Morgan fingerprint density at radius 2 is 1.81 bits per heavy atom. The lowest BCUT2D eigenvalue weighted by molar-refractivity contribution is -0.129. The van der Waals surface area contributed by atoms with E-state index >= 15 is 0 Å². The monoisotopic (exact) mass is 381 g/mol. The van der Waals surface area contributed by atoms with Gasteiger partial charge in [0.2, 0.25) is 5.90 Å². The number of rotatable bonds is 3. The van der Waals surface area contributed by atoms with Crippen molar-refractivity contribution >= 4 is 29.5 Å². The van der Waals surface area contributed by atoms with E-state index in [9.17, 15) is 9.18 Å². The van der Waals surface area contributed by atoms with Crippen molar-refractivity contribution in [2.45, 2.75) is 6.92 Å². The number of halogens is 2. The van der Waals surface area contributed by atoms with Crippen molar-refractivity contribution in [1.82, 2.24) is 9.78 Å². The fourth-order valence-electron chi connectivity index (χ4n) is 2.68. The molecule has 134 valence electrons. The van der Waals surface area contributed by atoms with Gasteiger partial charge in [0, 0.05) is 11.1 Å². The molecule has 0 saturated heterocycles. The van der Waals surface area contributed by atoms with E-state index < -0.39 is 5.97 Å². The molecule has 0 N–H and O–H groups in total. The quantitative estimate of drug-likeness (QED) is 0.501. The maximum absolute atomic E-state index is 13.1. The summed E-state index contributed by atoms with van der Waals surface area (Å²) in [5.74, 6) is -0.858. The van der Waals surface area contributed by atoms with Crippen LogP contribution in [0, 0.1) is 12.7 Å². The summed E-state index contributed by atoms with van der Waals surface area (Å²) >= 11 is 6.47. The van der Waals surface area contributed by atoms with E-state index in [1.165, 1.54) is 24.3 Å². The number of cyclic esters (lactones) is 1. The lowest BCUT2D eigenvalue weighted by Gasteiger charge is -2.01. The number of para-hydroxylation sites is 1. The highest BCUT2D eigenvalue weighted by Crippen LogP contribution is 2.27. The average molecular weight is 382 g/mol. The second kappa shape index (κ2) is 6.81. The van der Waals surface area contributed by atoms with E-state index in [4.69, 9.17) is 16.3 Å². The van der Waals surface area contributed by atoms with Crippen LogP contribution in [0.1, 0.15) is 16.8 Å². The van der Waals surface area contributed by atoms with Gasteiger partial charge in [-0.15, -0.1) is 0 Å². The number of esters is 1. The molecule has 0 unspecified atom stereocenters. The first-order valence-electron chi connectivity index (χ1n) is 8.12. The summed E-state index contributed by atoms with van der Waals surface area (Å²) in [6.45, 7) is 1.79. The second-order valence-electron chi connectivity index (χ2n) is 5.88. The number of carbonyl (C=O) groups is 1. The summed E-state index contributed by atoms with van der Waals surface area (Å²) in [6, 6.07) is 15.0. The fourth-order valence-corrected chi connectivity index (χ4v) is 3.00. The van der Waals surface area contributed by atoms with Crippen LogP contribution in [0.15, 0.2) is 65.3 Å². The number of carbonyl (C=O) groups excluding carboxylic acids is 1. The summed E-state index contributed by atoms with van der Waals surface area (Å²) in [7, 11) is 0. The van der Waals surface area contributed by atoms with Crippen LogP contribution >= 0.6 is 11.6 Å². The van der Waals surface area contributed by atoms with Gasteiger partial charge in [-0.05, 0) is 49.4 Å². The molecule has 0 atom stereocenters. The molecule has 4 rings (SSSR count). The molecule has 0 spiro atoms. The lowest BCUT2D eigenvalue weighted by Crippen LogP contribution is -2.05. The maximum Gasteiger partial charge on any atom is 0.363 e. The molecule has 3 aromatic rings. The van der Waals surface area contributed by atoms with E-state index in [0.29, 0.717) is 22.0 Å². The summed E-state index contributed by atoms with van der Waals surface area (Å²) < 4.78 is 19.8. The van der Waals surface area contributed by atoms with Crippen LogP contribution in [0.4, 0.5) is 4.39 Å². The van der Waals surface area contributed by atoms with Crippen LogP contribution in [0.3, 0.4) is 0 Å². The Kier molecular flexibility index (Phi) is 4.33. The van der Waals surface area contributed by atoms with E-state index in [-0.39, 0.29) is 17.4 Å². The van der Waals surface area contributed by atoms with Crippen LogP contribution in [0.25, 0.3) is 11.8 Å². The molecule has 1 aromatic heterocycles. The van der Waals surface area contributed by atoms with Gasteiger partial charge in [-0.3, -0.25) is 0 Å². The molecule has 27 heavy (non-hydrogen) atoms. The molecule has 5 nitrogen and oxygen atoms in total. The van der Waals surface area contributed by atoms with Crippen LogP contribution in [-0.4, -0.2) is 21.6 Å². The third-order valence-corrected chi connectivity index (χ3v) is 4.41. The Labute approximate surface area is 159 Å². The smallest absolute Gasteiger partial charge is 0.363 e. The van der Waals surface area contributed by atoms with Gasteiger partial charge in [-0.25, -0.2) is 18.9 Å². The van der Waals surface area contributed by atoms with Crippen molar-refractivity contribution in [2.24, 2.45) is 4.99 Å². The first-order valence-corrected chi connectivity index (χ1v) is 8.50. The van der Waals surface area contributed by atoms with Crippen LogP contribution in [0.2, 0.25) is 5.15 Å². The number of aromatic nitrogens is 2. The van der Waals surface area contributed by atoms with Gasteiger partial charge in [0.1, 0.15) is 11.0 Å². The molecule has 2 heterocycles. The number of ether oxygens (including phenoxy) is 1. The van der Waals surface area contributed by atoms with Crippen molar-refractivity contribution in [1.29, 1.82) is 0 Å². The molecule has 0 bridgehead atoms. The van der Waals surface area contributed by atoms with Crippen molar-refractivity contribution in [3.63, 3.8) is 0 Å². The minimum absolute atomic E-state index is 0.104. The minimum Gasteiger partial charge on any atom is -0.402 e.